The van der Waals surface area contributed by atoms with E-state index in [0.29, 0.717) is 31.7 Å². The van der Waals surface area contributed by atoms with E-state index in [-0.39, 0.29) is 17.7 Å². The smallest absolute Gasteiger partial charge is 0.245 e. The third kappa shape index (κ3) is 5.17. The van der Waals surface area contributed by atoms with Gasteiger partial charge in [-0.15, -0.1) is 0 Å². The second kappa shape index (κ2) is 9.42. The van der Waals surface area contributed by atoms with Gasteiger partial charge in [-0.05, 0) is 48.4 Å². The Balaban J connectivity index is 1.81. The van der Waals surface area contributed by atoms with E-state index < -0.39 is 6.04 Å². The topological polar surface area (TPSA) is 69.7 Å². The van der Waals surface area contributed by atoms with Gasteiger partial charge in [-0.2, -0.15) is 0 Å². The predicted octanol–water partition coefficient (Wildman–Crippen LogP) is 3.35. The molecule has 0 unspecified atom stereocenters. The van der Waals surface area contributed by atoms with Gasteiger partial charge in [0.15, 0.2) is 0 Å². The number of anilines is 1. The molecule has 0 radical (unpaired) electrons. The van der Waals surface area contributed by atoms with Gasteiger partial charge in [-0.1, -0.05) is 25.8 Å². The number of fused-ring (bicyclic) bond motifs is 1. The SMILES string of the molecule is CCCC(=O)Nc1ccc2c(c1)CN(C(=O)CC1CCCC1)[C@H](C(=O)N(C)C)C2. The van der Waals surface area contributed by atoms with Crippen molar-refractivity contribution in [3.05, 3.63) is 29.3 Å². The summed E-state index contributed by atoms with van der Waals surface area (Å²) in [5.41, 5.74) is 2.84. The molecule has 1 aromatic carbocycles. The minimum Gasteiger partial charge on any atom is -0.347 e. The summed E-state index contributed by atoms with van der Waals surface area (Å²) in [7, 11) is 3.48. The lowest BCUT2D eigenvalue weighted by Crippen LogP contribution is -2.52. The van der Waals surface area contributed by atoms with Crippen molar-refractivity contribution in [3.63, 3.8) is 0 Å². The Labute approximate surface area is 173 Å². The van der Waals surface area contributed by atoms with Crippen LogP contribution in [0.5, 0.6) is 0 Å². The lowest BCUT2D eigenvalue weighted by molar-refractivity contribution is -0.146. The van der Waals surface area contributed by atoms with Crippen molar-refractivity contribution in [2.45, 2.75) is 70.9 Å². The second-order valence-electron chi connectivity index (χ2n) is 8.61. The van der Waals surface area contributed by atoms with Crippen LogP contribution in [0.1, 0.15) is 63.0 Å². The number of carbonyl (C=O) groups excluding carboxylic acids is 3. The van der Waals surface area contributed by atoms with Crippen LogP contribution in [0, 0.1) is 5.92 Å². The Morgan fingerprint density at radius 1 is 1.14 bits per heavy atom. The van der Waals surface area contributed by atoms with Gasteiger partial charge in [0.2, 0.25) is 17.7 Å². The fraction of sp³-hybridized carbons (Fsp3) is 0.609. The first-order valence-corrected chi connectivity index (χ1v) is 10.8. The highest BCUT2D eigenvalue weighted by Crippen LogP contribution is 2.31. The van der Waals surface area contributed by atoms with Gasteiger partial charge < -0.3 is 15.1 Å². The summed E-state index contributed by atoms with van der Waals surface area (Å²) < 4.78 is 0. The minimum absolute atomic E-state index is 0.00177. The predicted molar refractivity (Wildman–Crippen MR) is 113 cm³/mol. The number of carbonyl (C=O) groups is 3. The van der Waals surface area contributed by atoms with Crippen LogP contribution in [0.15, 0.2) is 18.2 Å². The summed E-state index contributed by atoms with van der Waals surface area (Å²) in [6.45, 7) is 2.39. The number of nitrogens with one attached hydrogen (secondary N) is 1. The van der Waals surface area contributed by atoms with Gasteiger partial charge in [-0.3, -0.25) is 14.4 Å². The molecule has 2 aliphatic rings. The zero-order valence-electron chi connectivity index (χ0n) is 17.9. The van der Waals surface area contributed by atoms with Gasteiger partial charge in [0, 0.05) is 45.6 Å². The highest BCUT2D eigenvalue weighted by molar-refractivity contribution is 5.91. The number of nitrogens with zero attached hydrogens (tertiary/aromatic N) is 2. The molecule has 0 spiro atoms. The van der Waals surface area contributed by atoms with Gasteiger partial charge in [0.1, 0.15) is 6.04 Å². The average molecular weight is 400 g/mol. The van der Waals surface area contributed by atoms with Crippen molar-refractivity contribution in [2.75, 3.05) is 19.4 Å². The second-order valence-corrected chi connectivity index (χ2v) is 8.61. The lowest BCUT2D eigenvalue weighted by Gasteiger charge is -2.38. The normalized spacial score (nSPS) is 19.0. The van der Waals surface area contributed by atoms with Gasteiger partial charge >= 0.3 is 0 Å². The number of amides is 3. The molecule has 1 heterocycles. The van der Waals surface area contributed by atoms with Crippen LogP contribution in [0.3, 0.4) is 0 Å². The summed E-state index contributed by atoms with van der Waals surface area (Å²) in [5, 5.41) is 2.93. The van der Waals surface area contributed by atoms with E-state index in [1.165, 1.54) is 12.8 Å². The molecule has 1 aliphatic carbocycles. The third-order valence-corrected chi connectivity index (χ3v) is 6.08. The molecular formula is C23H33N3O3. The summed E-state index contributed by atoms with van der Waals surface area (Å²) >= 11 is 0. The molecule has 6 heteroatoms. The molecule has 1 aliphatic heterocycles. The van der Waals surface area contributed by atoms with Crippen LogP contribution < -0.4 is 5.32 Å². The fourth-order valence-corrected chi connectivity index (χ4v) is 4.47. The van der Waals surface area contributed by atoms with E-state index in [1.807, 2.05) is 25.1 Å². The Morgan fingerprint density at radius 3 is 2.52 bits per heavy atom. The van der Waals surface area contributed by atoms with E-state index in [4.69, 9.17) is 0 Å². The van der Waals surface area contributed by atoms with Crippen molar-refractivity contribution in [2.24, 2.45) is 5.92 Å². The number of likely N-dealkylation sites (N-methyl/N-ethyl adjacent to an activating group) is 1. The molecule has 0 bridgehead atoms. The summed E-state index contributed by atoms with van der Waals surface area (Å²) in [6, 6.07) is 5.37. The number of rotatable bonds is 6. The first kappa shape index (κ1) is 21.3. The molecule has 0 saturated heterocycles. The van der Waals surface area contributed by atoms with Crippen molar-refractivity contribution >= 4 is 23.4 Å². The summed E-state index contributed by atoms with van der Waals surface area (Å²) in [5.74, 6) is 0.482. The van der Waals surface area contributed by atoms with E-state index in [9.17, 15) is 14.4 Å². The highest BCUT2D eigenvalue weighted by Gasteiger charge is 2.36. The highest BCUT2D eigenvalue weighted by atomic mass is 16.2. The average Bonchev–Trinajstić information content (AvgIpc) is 3.19. The maximum absolute atomic E-state index is 13.1. The largest absolute Gasteiger partial charge is 0.347 e. The molecule has 3 rings (SSSR count). The Kier molecular flexibility index (Phi) is 6.93. The van der Waals surface area contributed by atoms with E-state index in [1.54, 1.807) is 23.9 Å². The zero-order chi connectivity index (χ0) is 21.0. The van der Waals surface area contributed by atoms with Crippen molar-refractivity contribution in [1.29, 1.82) is 0 Å². The molecule has 0 aromatic heterocycles. The molecule has 1 saturated carbocycles. The van der Waals surface area contributed by atoms with Gasteiger partial charge in [0.05, 0.1) is 0 Å². The Hall–Kier alpha value is -2.37. The quantitative estimate of drug-likeness (QED) is 0.798. The minimum atomic E-state index is -0.452. The van der Waals surface area contributed by atoms with Crippen LogP contribution in [0.2, 0.25) is 0 Å². The van der Waals surface area contributed by atoms with E-state index in [2.05, 4.69) is 5.32 Å². The van der Waals surface area contributed by atoms with Gasteiger partial charge in [-0.25, -0.2) is 0 Å². The monoisotopic (exact) mass is 399 g/mol. The molecule has 1 N–H and O–H groups in total. The molecule has 1 fully saturated rings. The standard InChI is InChI=1S/C23H33N3O3/c1-4-7-21(27)24-19-11-10-17-14-20(23(29)25(2)3)26(15-18(17)13-19)22(28)12-16-8-5-6-9-16/h10-11,13,16,20H,4-9,12,14-15H2,1-3H3,(H,24,27)/t20-/m0/s1. The number of hydrogen-bond acceptors (Lipinski definition) is 3. The third-order valence-electron chi connectivity index (χ3n) is 6.08. The van der Waals surface area contributed by atoms with Crippen LogP contribution >= 0.6 is 0 Å². The van der Waals surface area contributed by atoms with E-state index in [0.717, 1.165) is 36.1 Å². The van der Waals surface area contributed by atoms with Crippen LogP contribution in [-0.4, -0.2) is 47.7 Å². The molecule has 158 valence electrons. The number of hydrogen-bond donors (Lipinski definition) is 1. The molecular weight excluding hydrogens is 366 g/mol. The molecule has 1 atom stereocenters. The van der Waals surface area contributed by atoms with E-state index >= 15 is 0 Å². The lowest BCUT2D eigenvalue weighted by atomic mass is 9.91. The Morgan fingerprint density at radius 2 is 1.86 bits per heavy atom. The molecule has 6 nitrogen and oxygen atoms in total. The van der Waals surface area contributed by atoms with Crippen molar-refractivity contribution < 1.29 is 14.4 Å². The van der Waals surface area contributed by atoms with Crippen molar-refractivity contribution in [1.82, 2.24) is 9.80 Å². The van der Waals surface area contributed by atoms with Gasteiger partial charge in [0.25, 0.3) is 0 Å². The maximum atomic E-state index is 13.1. The summed E-state index contributed by atoms with van der Waals surface area (Å²) in [4.78, 5) is 41.2. The molecule has 3 amide bonds. The summed E-state index contributed by atoms with van der Waals surface area (Å²) in [6.07, 6.45) is 6.94. The molecule has 29 heavy (non-hydrogen) atoms. The first-order chi connectivity index (χ1) is 13.9. The zero-order valence-corrected chi connectivity index (χ0v) is 17.9. The van der Waals surface area contributed by atoms with Crippen LogP contribution in [0.4, 0.5) is 5.69 Å². The first-order valence-electron chi connectivity index (χ1n) is 10.8. The Bertz CT molecular complexity index is 769. The van der Waals surface area contributed by atoms with Crippen LogP contribution in [0.25, 0.3) is 0 Å². The maximum Gasteiger partial charge on any atom is 0.245 e. The van der Waals surface area contributed by atoms with Crippen molar-refractivity contribution in [3.8, 4) is 0 Å². The number of benzene rings is 1. The van der Waals surface area contributed by atoms with Crippen LogP contribution in [-0.2, 0) is 27.3 Å². The fourth-order valence-electron chi connectivity index (χ4n) is 4.47. The molecule has 1 aromatic rings.